The average Bonchev–Trinajstić information content (AvgIpc) is 2.56. The first-order valence-electron chi connectivity index (χ1n) is 6.86. The van der Waals surface area contributed by atoms with E-state index < -0.39 is 10.0 Å². The molecule has 0 aliphatic carbocycles. The van der Waals surface area contributed by atoms with Gasteiger partial charge < -0.3 is 4.74 Å². The first-order chi connectivity index (χ1) is 11.5. The van der Waals surface area contributed by atoms with Crippen LogP contribution in [0.4, 0.5) is 5.69 Å². The molecule has 6 nitrogen and oxygen atoms in total. The normalized spacial score (nSPS) is 11.0. The zero-order valence-corrected chi connectivity index (χ0v) is 13.8. The summed E-state index contributed by atoms with van der Waals surface area (Å²) in [5.74, 6) is 0.735. The van der Waals surface area contributed by atoms with E-state index in [4.69, 9.17) is 16.3 Å². The Morgan fingerprint density at radius 3 is 2.62 bits per heavy atom. The Balaban J connectivity index is 1.83. The summed E-state index contributed by atoms with van der Waals surface area (Å²) in [6, 6.07) is 12.7. The van der Waals surface area contributed by atoms with Crippen molar-refractivity contribution >= 4 is 27.3 Å². The molecular formula is C16H12ClN3O3S. The van der Waals surface area contributed by atoms with Crippen molar-refractivity contribution in [3.05, 3.63) is 72.1 Å². The molecule has 0 unspecified atom stereocenters. The smallest absolute Gasteiger partial charge is 0.263 e. The lowest BCUT2D eigenvalue weighted by Gasteiger charge is -2.10. The molecule has 0 fully saturated rings. The van der Waals surface area contributed by atoms with Crippen molar-refractivity contribution in [2.24, 2.45) is 0 Å². The van der Waals surface area contributed by atoms with Crippen molar-refractivity contribution < 1.29 is 13.2 Å². The number of hydrogen-bond donors (Lipinski definition) is 1. The van der Waals surface area contributed by atoms with Gasteiger partial charge in [0.2, 0.25) is 5.88 Å². The molecule has 0 bridgehead atoms. The minimum atomic E-state index is -3.80. The minimum absolute atomic E-state index is 0.00640. The highest BCUT2D eigenvalue weighted by Crippen LogP contribution is 2.26. The van der Waals surface area contributed by atoms with Crippen molar-refractivity contribution in [3.8, 4) is 11.6 Å². The van der Waals surface area contributed by atoms with Crippen LogP contribution in [0, 0.1) is 0 Å². The van der Waals surface area contributed by atoms with Gasteiger partial charge in [0, 0.05) is 18.5 Å². The molecule has 0 aliphatic heterocycles. The largest absolute Gasteiger partial charge is 0.437 e. The monoisotopic (exact) mass is 361 g/mol. The van der Waals surface area contributed by atoms with E-state index in [1.165, 1.54) is 30.7 Å². The first-order valence-corrected chi connectivity index (χ1v) is 8.72. The SMILES string of the molecule is O=S(=O)(Nc1cccc(Oc2cnccn2)c1)c1ccccc1Cl. The average molecular weight is 362 g/mol. The van der Waals surface area contributed by atoms with Gasteiger partial charge >= 0.3 is 0 Å². The molecule has 0 spiro atoms. The molecule has 0 saturated heterocycles. The van der Waals surface area contributed by atoms with Gasteiger partial charge in [-0.3, -0.25) is 9.71 Å². The number of benzene rings is 2. The molecule has 0 saturated carbocycles. The van der Waals surface area contributed by atoms with Crippen molar-refractivity contribution in [2.75, 3.05) is 4.72 Å². The summed E-state index contributed by atoms with van der Waals surface area (Å²) in [4.78, 5) is 7.90. The second-order valence-electron chi connectivity index (χ2n) is 4.71. The van der Waals surface area contributed by atoms with Crippen LogP contribution in [0.5, 0.6) is 11.6 Å². The predicted octanol–water partition coefficient (Wildman–Crippen LogP) is 3.72. The van der Waals surface area contributed by atoms with E-state index in [1.54, 1.807) is 36.4 Å². The van der Waals surface area contributed by atoms with Crippen LogP contribution in [0.25, 0.3) is 0 Å². The van der Waals surface area contributed by atoms with Gasteiger partial charge in [-0.15, -0.1) is 0 Å². The number of anilines is 1. The number of halogens is 1. The number of nitrogens with one attached hydrogen (secondary N) is 1. The molecule has 1 heterocycles. The predicted molar refractivity (Wildman–Crippen MR) is 90.8 cm³/mol. The fourth-order valence-corrected chi connectivity index (χ4v) is 3.52. The molecule has 1 aromatic heterocycles. The van der Waals surface area contributed by atoms with Gasteiger partial charge in [0.1, 0.15) is 10.6 Å². The lowest BCUT2D eigenvalue weighted by Crippen LogP contribution is -2.13. The quantitative estimate of drug-likeness (QED) is 0.749. The van der Waals surface area contributed by atoms with Crippen LogP contribution < -0.4 is 9.46 Å². The molecule has 3 rings (SSSR count). The van der Waals surface area contributed by atoms with Crippen molar-refractivity contribution in [1.29, 1.82) is 0 Å². The number of hydrogen-bond acceptors (Lipinski definition) is 5. The fraction of sp³-hybridized carbons (Fsp3) is 0. The molecule has 0 amide bonds. The van der Waals surface area contributed by atoms with Gasteiger partial charge in [0.15, 0.2) is 0 Å². The maximum atomic E-state index is 12.4. The van der Waals surface area contributed by atoms with Gasteiger partial charge in [-0.05, 0) is 24.3 Å². The molecule has 1 N–H and O–H groups in total. The lowest BCUT2D eigenvalue weighted by molar-refractivity contribution is 0.460. The third-order valence-electron chi connectivity index (χ3n) is 2.97. The third-order valence-corrected chi connectivity index (χ3v) is 4.86. The number of rotatable bonds is 5. The molecule has 0 atom stereocenters. The second-order valence-corrected chi connectivity index (χ2v) is 6.77. The third kappa shape index (κ3) is 3.81. The van der Waals surface area contributed by atoms with E-state index >= 15 is 0 Å². The van der Waals surface area contributed by atoms with Gasteiger partial charge in [-0.1, -0.05) is 29.8 Å². The summed E-state index contributed by atoms with van der Waals surface area (Å²) < 4.78 is 32.9. The molecule has 122 valence electrons. The molecule has 24 heavy (non-hydrogen) atoms. The van der Waals surface area contributed by atoms with E-state index in [9.17, 15) is 8.42 Å². The summed E-state index contributed by atoms with van der Waals surface area (Å²) in [5.41, 5.74) is 0.344. The first kappa shape index (κ1) is 16.2. The summed E-state index contributed by atoms with van der Waals surface area (Å²) in [6.07, 6.45) is 4.49. The zero-order valence-electron chi connectivity index (χ0n) is 12.3. The second kappa shape index (κ2) is 6.86. The summed E-state index contributed by atoms with van der Waals surface area (Å²) in [6.45, 7) is 0. The van der Waals surface area contributed by atoms with Gasteiger partial charge in [-0.2, -0.15) is 0 Å². The maximum absolute atomic E-state index is 12.4. The molecule has 0 radical (unpaired) electrons. The standard InChI is InChI=1S/C16H12ClN3O3S/c17-14-6-1-2-7-15(14)24(21,22)20-12-4-3-5-13(10-12)23-16-11-18-8-9-19-16/h1-11,20H. The van der Waals surface area contributed by atoms with E-state index in [0.717, 1.165) is 0 Å². The minimum Gasteiger partial charge on any atom is -0.437 e. The van der Waals surface area contributed by atoms with E-state index in [0.29, 0.717) is 17.3 Å². The highest BCUT2D eigenvalue weighted by atomic mass is 35.5. The highest BCUT2D eigenvalue weighted by molar-refractivity contribution is 7.92. The van der Waals surface area contributed by atoms with Gasteiger partial charge in [-0.25, -0.2) is 13.4 Å². The van der Waals surface area contributed by atoms with Crippen molar-refractivity contribution in [3.63, 3.8) is 0 Å². The Morgan fingerprint density at radius 2 is 1.88 bits per heavy atom. The summed E-state index contributed by atoms with van der Waals surface area (Å²) in [7, 11) is -3.80. The van der Waals surface area contributed by atoms with Crippen molar-refractivity contribution in [1.82, 2.24) is 9.97 Å². The number of aromatic nitrogens is 2. The molecular weight excluding hydrogens is 350 g/mol. The van der Waals surface area contributed by atoms with Gasteiger partial charge in [0.05, 0.1) is 16.9 Å². The Bertz CT molecular complexity index is 950. The maximum Gasteiger partial charge on any atom is 0.263 e. The Kier molecular flexibility index (Phi) is 4.64. The van der Waals surface area contributed by atoms with Crippen molar-refractivity contribution in [2.45, 2.75) is 4.90 Å². The van der Waals surface area contributed by atoms with Crippen LogP contribution >= 0.6 is 11.6 Å². The molecule has 2 aromatic carbocycles. The van der Waals surface area contributed by atoms with E-state index in [2.05, 4.69) is 14.7 Å². The van der Waals surface area contributed by atoms with E-state index in [-0.39, 0.29) is 9.92 Å². The number of ether oxygens (including phenoxy) is 1. The van der Waals surface area contributed by atoms with Crippen LogP contribution in [0.15, 0.2) is 72.0 Å². The zero-order chi connectivity index (χ0) is 17.0. The molecule has 0 aliphatic rings. The summed E-state index contributed by atoms with van der Waals surface area (Å²) in [5, 5.41) is 0.150. The van der Waals surface area contributed by atoms with E-state index in [1.807, 2.05) is 0 Å². The molecule has 3 aromatic rings. The summed E-state index contributed by atoms with van der Waals surface area (Å²) >= 11 is 5.95. The number of sulfonamides is 1. The number of nitrogens with zero attached hydrogens (tertiary/aromatic N) is 2. The van der Waals surface area contributed by atoms with Crippen LogP contribution in [-0.4, -0.2) is 18.4 Å². The lowest BCUT2D eigenvalue weighted by atomic mass is 10.3. The Morgan fingerprint density at radius 1 is 1.04 bits per heavy atom. The van der Waals surface area contributed by atoms with Crippen LogP contribution in [0.3, 0.4) is 0 Å². The van der Waals surface area contributed by atoms with Crippen LogP contribution in [0.1, 0.15) is 0 Å². The Labute approximate surface area is 144 Å². The van der Waals surface area contributed by atoms with Gasteiger partial charge in [0.25, 0.3) is 10.0 Å². The fourth-order valence-electron chi connectivity index (χ4n) is 1.95. The molecule has 8 heteroatoms. The topological polar surface area (TPSA) is 81.2 Å². The van der Waals surface area contributed by atoms with Crippen LogP contribution in [0.2, 0.25) is 5.02 Å². The Hall–Kier alpha value is -2.64. The highest BCUT2D eigenvalue weighted by Gasteiger charge is 2.17. The van der Waals surface area contributed by atoms with Crippen LogP contribution in [-0.2, 0) is 10.0 Å².